The van der Waals surface area contributed by atoms with Gasteiger partial charge in [-0.15, -0.1) is 0 Å². The molecule has 0 unspecified atom stereocenters. The van der Waals surface area contributed by atoms with Crippen LogP contribution in [0.5, 0.6) is 11.5 Å². The van der Waals surface area contributed by atoms with Crippen LogP contribution in [0.2, 0.25) is 0 Å². The molecule has 0 fully saturated rings. The van der Waals surface area contributed by atoms with Gasteiger partial charge in [0.15, 0.2) is 11.5 Å². The van der Waals surface area contributed by atoms with Gasteiger partial charge in [-0.05, 0) is 55.8 Å². The molecule has 0 bridgehead atoms. The lowest BCUT2D eigenvalue weighted by atomic mass is 10.2. The number of benzene rings is 3. The van der Waals surface area contributed by atoms with Gasteiger partial charge in [-0.2, -0.15) is 0 Å². The molecule has 3 aromatic carbocycles. The third-order valence-electron chi connectivity index (χ3n) is 5.83. The monoisotopic (exact) mass is 511 g/mol. The summed E-state index contributed by atoms with van der Waals surface area (Å²) in [6, 6.07) is 20.7. The number of methoxy groups -OCH3 is 2. The van der Waals surface area contributed by atoms with Crippen molar-refractivity contribution in [2.45, 2.75) is 25.3 Å². The van der Waals surface area contributed by atoms with Crippen molar-refractivity contribution in [3.8, 4) is 11.5 Å². The fourth-order valence-corrected chi connectivity index (χ4v) is 5.25. The van der Waals surface area contributed by atoms with Crippen LogP contribution in [0.3, 0.4) is 0 Å². The molecule has 0 spiro atoms. The highest BCUT2D eigenvalue weighted by Crippen LogP contribution is 2.33. The van der Waals surface area contributed by atoms with Crippen LogP contribution in [0.15, 0.2) is 77.7 Å². The van der Waals surface area contributed by atoms with Crippen molar-refractivity contribution < 1.29 is 22.7 Å². The van der Waals surface area contributed by atoms with E-state index in [1.807, 2.05) is 24.3 Å². The zero-order chi connectivity index (χ0) is 26.1. The molecule has 1 amide bonds. The van der Waals surface area contributed by atoms with Crippen molar-refractivity contribution >= 4 is 27.3 Å². The molecular weight excluding hydrogens is 478 g/mol. The summed E-state index contributed by atoms with van der Waals surface area (Å²) in [7, 11) is -1.06. The number of hydrogen-bond acceptors (Lipinski definition) is 6. The Hall–Kier alpha value is -3.72. The highest BCUT2D eigenvalue weighted by Gasteiger charge is 2.28. The molecule has 192 valence electrons. The maximum atomic E-state index is 13.5. The molecule has 0 saturated heterocycles. The average Bonchev–Trinajstić information content (AvgIpc) is 2.92. The van der Waals surface area contributed by atoms with Gasteiger partial charge in [0.25, 0.3) is 10.0 Å². The minimum absolute atomic E-state index is 0.0829. The molecule has 0 radical (unpaired) electrons. The molecule has 8 nitrogen and oxygen atoms in total. The molecule has 36 heavy (non-hydrogen) atoms. The lowest BCUT2D eigenvalue weighted by molar-refractivity contribution is -0.119. The predicted molar refractivity (Wildman–Crippen MR) is 142 cm³/mol. The van der Waals surface area contributed by atoms with Crippen molar-refractivity contribution in [1.82, 2.24) is 5.32 Å². The molecule has 3 aromatic rings. The van der Waals surface area contributed by atoms with Crippen LogP contribution in [0, 0.1) is 0 Å². The van der Waals surface area contributed by atoms with E-state index in [0.29, 0.717) is 11.5 Å². The molecule has 0 aliphatic carbocycles. The maximum Gasteiger partial charge on any atom is 0.264 e. The third kappa shape index (κ3) is 6.28. The minimum atomic E-state index is -4.03. The lowest BCUT2D eigenvalue weighted by Gasteiger charge is -2.25. The Labute approximate surface area is 213 Å². The van der Waals surface area contributed by atoms with Crippen LogP contribution < -0.4 is 24.0 Å². The maximum absolute atomic E-state index is 13.5. The summed E-state index contributed by atoms with van der Waals surface area (Å²) in [5.74, 6) is 0.380. The number of sulfonamides is 1. The molecule has 9 heteroatoms. The van der Waals surface area contributed by atoms with Crippen molar-refractivity contribution in [2.24, 2.45) is 0 Å². The van der Waals surface area contributed by atoms with Crippen molar-refractivity contribution in [3.63, 3.8) is 0 Å². The average molecular weight is 512 g/mol. The molecule has 0 aromatic heterocycles. The Balaban J connectivity index is 1.82. The zero-order valence-corrected chi connectivity index (χ0v) is 21.9. The van der Waals surface area contributed by atoms with Gasteiger partial charge in [0.2, 0.25) is 5.91 Å². The Kier molecular flexibility index (Phi) is 9.19. The van der Waals surface area contributed by atoms with Crippen LogP contribution in [-0.2, 0) is 21.4 Å². The van der Waals surface area contributed by atoms with Crippen LogP contribution in [0.4, 0.5) is 11.4 Å². The Morgan fingerprint density at radius 1 is 0.833 bits per heavy atom. The number of carbonyl (C=O) groups excluding carboxylic acids is 1. The first-order chi connectivity index (χ1) is 17.3. The molecule has 0 aliphatic heterocycles. The topological polar surface area (TPSA) is 88.2 Å². The number of carbonyl (C=O) groups is 1. The summed E-state index contributed by atoms with van der Waals surface area (Å²) < 4.78 is 38.7. The lowest BCUT2D eigenvalue weighted by Crippen LogP contribution is -2.40. The second-order valence-corrected chi connectivity index (χ2v) is 9.84. The normalized spacial score (nSPS) is 11.0. The zero-order valence-electron chi connectivity index (χ0n) is 21.1. The number of rotatable bonds is 12. The Morgan fingerprint density at radius 3 is 2.03 bits per heavy atom. The third-order valence-corrected chi connectivity index (χ3v) is 7.62. The fourth-order valence-electron chi connectivity index (χ4n) is 3.82. The molecule has 0 atom stereocenters. The van der Waals surface area contributed by atoms with E-state index in [1.54, 1.807) is 36.4 Å². The van der Waals surface area contributed by atoms with Gasteiger partial charge in [-0.25, -0.2) is 8.42 Å². The SMILES string of the molecule is CCN(CC)c1ccc(CNC(=O)CN(c2ccc(OC)c(OC)c2)S(=O)(=O)c2ccccc2)cc1. The molecule has 3 rings (SSSR count). The summed E-state index contributed by atoms with van der Waals surface area (Å²) in [6.07, 6.45) is 0. The van der Waals surface area contributed by atoms with Gasteiger partial charge in [0.05, 0.1) is 24.8 Å². The number of nitrogens with zero attached hydrogens (tertiary/aromatic N) is 2. The number of ether oxygens (including phenoxy) is 2. The van der Waals surface area contributed by atoms with E-state index < -0.39 is 22.5 Å². The molecule has 0 heterocycles. The highest BCUT2D eigenvalue weighted by atomic mass is 32.2. The van der Waals surface area contributed by atoms with Gasteiger partial charge in [0.1, 0.15) is 6.54 Å². The predicted octanol–water partition coefficient (Wildman–Crippen LogP) is 4.06. The van der Waals surface area contributed by atoms with Crippen LogP contribution >= 0.6 is 0 Å². The fraction of sp³-hybridized carbons (Fsp3) is 0.296. The van der Waals surface area contributed by atoms with E-state index in [9.17, 15) is 13.2 Å². The standard InChI is InChI=1S/C27H33N3O5S/c1-5-29(6-2)22-14-12-21(13-15-22)19-28-27(31)20-30(36(32,33)24-10-8-7-9-11-24)23-16-17-25(34-3)26(18-23)35-4/h7-18H,5-6,19-20H2,1-4H3,(H,28,31). The van der Waals surface area contributed by atoms with Gasteiger partial charge >= 0.3 is 0 Å². The Morgan fingerprint density at radius 2 is 1.44 bits per heavy atom. The molecular formula is C27H33N3O5S. The number of anilines is 2. The highest BCUT2D eigenvalue weighted by molar-refractivity contribution is 7.92. The number of hydrogen-bond donors (Lipinski definition) is 1. The first-order valence-electron chi connectivity index (χ1n) is 11.7. The second kappa shape index (κ2) is 12.3. The van der Waals surface area contributed by atoms with E-state index in [1.165, 1.54) is 26.4 Å². The molecule has 0 aliphatic rings. The van der Waals surface area contributed by atoms with Crippen molar-refractivity contribution in [1.29, 1.82) is 0 Å². The summed E-state index contributed by atoms with van der Waals surface area (Å²) in [5.41, 5.74) is 2.32. The van der Waals surface area contributed by atoms with Crippen LogP contribution in [0.1, 0.15) is 19.4 Å². The van der Waals surface area contributed by atoms with E-state index in [2.05, 4.69) is 24.1 Å². The first kappa shape index (κ1) is 26.9. The summed E-state index contributed by atoms with van der Waals surface area (Å²) in [6.45, 7) is 5.91. The van der Waals surface area contributed by atoms with Crippen LogP contribution in [0.25, 0.3) is 0 Å². The summed E-state index contributed by atoms with van der Waals surface area (Å²) in [4.78, 5) is 15.3. The van der Waals surface area contributed by atoms with Crippen molar-refractivity contribution in [3.05, 3.63) is 78.4 Å². The Bertz CT molecular complexity index is 1240. The van der Waals surface area contributed by atoms with E-state index in [0.717, 1.165) is 28.6 Å². The smallest absolute Gasteiger partial charge is 0.264 e. The molecule has 1 N–H and O–H groups in total. The van der Waals surface area contributed by atoms with E-state index in [4.69, 9.17) is 9.47 Å². The summed E-state index contributed by atoms with van der Waals surface area (Å²) >= 11 is 0. The largest absolute Gasteiger partial charge is 0.493 e. The summed E-state index contributed by atoms with van der Waals surface area (Å²) in [5, 5.41) is 2.84. The quantitative estimate of drug-likeness (QED) is 0.395. The van der Waals surface area contributed by atoms with E-state index >= 15 is 0 Å². The van der Waals surface area contributed by atoms with Gasteiger partial charge in [0, 0.05) is 31.4 Å². The van der Waals surface area contributed by atoms with Crippen molar-refractivity contribution in [2.75, 3.05) is 43.1 Å². The minimum Gasteiger partial charge on any atom is -0.493 e. The van der Waals surface area contributed by atoms with Crippen LogP contribution in [-0.4, -0.2) is 48.2 Å². The van der Waals surface area contributed by atoms with Gasteiger partial charge < -0.3 is 19.7 Å². The second-order valence-electron chi connectivity index (χ2n) is 7.98. The van der Waals surface area contributed by atoms with E-state index in [-0.39, 0.29) is 17.1 Å². The number of amides is 1. The van der Waals surface area contributed by atoms with Gasteiger partial charge in [-0.3, -0.25) is 9.10 Å². The number of nitrogens with one attached hydrogen (secondary N) is 1. The molecule has 0 saturated carbocycles. The first-order valence-corrected chi connectivity index (χ1v) is 13.2. The van der Waals surface area contributed by atoms with Gasteiger partial charge in [-0.1, -0.05) is 30.3 Å².